The van der Waals surface area contributed by atoms with Gasteiger partial charge in [0.15, 0.2) is 0 Å². The van der Waals surface area contributed by atoms with Gasteiger partial charge in [-0.1, -0.05) is 13.8 Å². The molecule has 2 nitrogen and oxygen atoms in total. The van der Waals surface area contributed by atoms with E-state index in [9.17, 15) is 13.9 Å². The van der Waals surface area contributed by atoms with Gasteiger partial charge in [0.25, 0.3) is 0 Å². The Labute approximate surface area is 106 Å². The molecule has 2 atom stereocenters. The third kappa shape index (κ3) is 2.70. The van der Waals surface area contributed by atoms with Gasteiger partial charge in [-0.15, -0.1) is 0 Å². The van der Waals surface area contributed by atoms with Crippen molar-refractivity contribution in [2.24, 2.45) is 5.41 Å². The first-order chi connectivity index (χ1) is 8.39. The van der Waals surface area contributed by atoms with Crippen LogP contribution < -0.4 is 5.32 Å². The lowest BCUT2D eigenvalue weighted by atomic mass is 9.64. The summed E-state index contributed by atoms with van der Waals surface area (Å²) in [6.45, 7) is 4.69. The molecule has 18 heavy (non-hydrogen) atoms. The van der Waals surface area contributed by atoms with E-state index in [4.69, 9.17) is 0 Å². The molecule has 2 unspecified atom stereocenters. The molecule has 0 saturated heterocycles. The second-order valence-electron chi connectivity index (χ2n) is 5.61. The summed E-state index contributed by atoms with van der Waals surface area (Å²) in [6, 6.07) is 3.85. The number of hydrogen-bond acceptors (Lipinski definition) is 2. The number of benzene rings is 1. The molecule has 0 radical (unpaired) electrons. The Bertz CT molecular complexity index is 414. The summed E-state index contributed by atoms with van der Waals surface area (Å²) >= 11 is 0. The van der Waals surface area contributed by atoms with Crippen molar-refractivity contribution in [3.8, 4) is 0 Å². The molecule has 1 fully saturated rings. The van der Waals surface area contributed by atoms with E-state index in [0.29, 0.717) is 18.5 Å². The first-order valence-electron chi connectivity index (χ1n) is 6.26. The van der Waals surface area contributed by atoms with Crippen LogP contribution in [0.1, 0.15) is 25.8 Å². The molecule has 0 spiro atoms. The quantitative estimate of drug-likeness (QED) is 0.865. The lowest BCUT2D eigenvalue weighted by Gasteiger charge is -2.49. The number of rotatable bonds is 4. The van der Waals surface area contributed by atoms with Crippen molar-refractivity contribution in [2.75, 3.05) is 6.54 Å². The first kappa shape index (κ1) is 13.4. The van der Waals surface area contributed by atoms with E-state index >= 15 is 0 Å². The Morgan fingerprint density at radius 2 is 1.89 bits per heavy atom. The zero-order valence-corrected chi connectivity index (χ0v) is 10.7. The molecule has 1 aliphatic rings. The fraction of sp³-hybridized carbons (Fsp3) is 0.571. The van der Waals surface area contributed by atoms with Crippen LogP contribution in [0.15, 0.2) is 18.2 Å². The van der Waals surface area contributed by atoms with Crippen molar-refractivity contribution >= 4 is 0 Å². The van der Waals surface area contributed by atoms with Gasteiger partial charge in [0.2, 0.25) is 0 Å². The molecule has 0 bridgehead atoms. The molecular formula is C14H19F2NO. The van der Waals surface area contributed by atoms with E-state index in [0.717, 1.165) is 12.5 Å². The van der Waals surface area contributed by atoms with Gasteiger partial charge < -0.3 is 10.4 Å². The van der Waals surface area contributed by atoms with Crippen LogP contribution in [0.5, 0.6) is 0 Å². The highest BCUT2D eigenvalue weighted by Crippen LogP contribution is 2.40. The highest BCUT2D eigenvalue weighted by atomic mass is 19.1. The maximum Gasteiger partial charge on any atom is 0.126 e. The number of hydrogen-bond donors (Lipinski definition) is 2. The second-order valence-corrected chi connectivity index (χ2v) is 5.61. The Morgan fingerprint density at radius 3 is 2.39 bits per heavy atom. The number of nitrogens with one attached hydrogen (secondary N) is 1. The maximum absolute atomic E-state index is 13.0. The largest absolute Gasteiger partial charge is 0.392 e. The molecule has 0 heterocycles. The molecule has 2 rings (SSSR count). The van der Waals surface area contributed by atoms with E-state index in [2.05, 4.69) is 5.32 Å². The van der Waals surface area contributed by atoms with E-state index in [-0.39, 0.29) is 17.6 Å². The average molecular weight is 255 g/mol. The monoisotopic (exact) mass is 255 g/mol. The Morgan fingerprint density at radius 1 is 1.28 bits per heavy atom. The zero-order chi connectivity index (χ0) is 13.3. The molecule has 1 aliphatic carbocycles. The van der Waals surface area contributed by atoms with E-state index < -0.39 is 11.6 Å². The number of aliphatic hydroxyl groups is 1. The molecular weight excluding hydrogens is 236 g/mol. The van der Waals surface area contributed by atoms with Gasteiger partial charge in [0.05, 0.1) is 6.10 Å². The number of halogens is 2. The van der Waals surface area contributed by atoms with Crippen LogP contribution in [-0.4, -0.2) is 23.8 Å². The van der Waals surface area contributed by atoms with Crippen LogP contribution in [-0.2, 0) is 6.42 Å². The Kier molecular flexibility index (Phi) is 3.69. The lowest BCUT2D eigenvalue weighted by molar-refractivity contribution is -0.0720. The summed E-state index contributed by atoms with van der Waals surface area (Å²) < 4.78 is 25.9. The topological polar surface area (TPSA) is 32.3 Å². The summed E-state index contributed by atoms with van der Waals surface area (Å²) in [7, 11) is 0. The van der Waals surface area contributed by atoms with Gasteiger partial charge in [0, 0.05) is 17.5 Å². The van der Waals surface area contributed by atoms with Crippen LogP contribution in [0.3, 0.4) is 0 Å². The minimum absolute atomic E-state index is 0.118. The van der Waals surface area contributed by atoms with Crippen molar-refractivity contribution in [3.63, 3.8) is 0 Å². The second kappa shape index (κ2) is 4.94. The summed E-state index contributed by atoms with van der Waals surface area (Å²) in [4.78, 5) is 0. The SMILES string of the molecule is CC1(C)C(O)CC1NCCc1cc(F)cc(F)c1. The van der Waals surface area contributed by atoms with Crippen LogP contribution in [0, 0.1) is 17.0 Å². The van der Waals surface area contributed by atoms with Gasteiger partial charge in [-0.2, -0.15) is 0 Å². The summed E-state index contributed by atoms with van der Waals surface area (Å²) in [5.41, 5.74) is 0.533. The van der Waals surface area contributed by atoms with Gasteiger partial charge in [-0.3, -0.25) is 0 Å². The van der Waals surface area contributed by atoms with Gasteiger partial charge >= 0.3 is 0 Å². The van der Waals surface area contributed by atoms with Crippen LogP contribution in [0.25, 0.3) is 0 Å². The Hall–Kier alpha value is -1.00. The van der Waals surface area contributed by atoms with Crippen molar-refractivity contribution in [2.45, 2.75) is 38.8 Å². The Balaban J connectivity index is 1.82. The molecule has 1 aromatic rings. The molecule has 1 saturated carbocycles. The molecule has 0 amide bonds. The van der Waals surface area contributed by atoms with Crippen LogP contribution >= 0.6 is 0 Å². The molecule has 0 aliphatic heterocycles. The van der Waals surface area contributed by atoms with E-state index in [1.54, 1.807) is 0 Å². The summed E-state index contributed by atoms with van der Waals surface area (Å²) in [5, 5.41) is 12.9. The third-order valence-electron chi connectivity index (χ3n) is 3.94. The zero-order valence-electron chi connectivity index (χ0n) is 10.7. The first-order valence-corrected chi connectivity index (χ1v) is 6.26. The fourth-order valence-electron chi connectivity index (χ4n) is 2.39. The predicted molar refractivity (Wildman–Crippen MR) is 66.3 cm³/mol. The van der Waals surface area contributed by atoms with Crippen LogP contribution in [0.2, 0.25) is 0 Å². The van der Waals surface area contributed by atoms with Crippen molar-refractivity contribution in [1.29, 1.82) is 0 Å². The van der Waals surface area contributed by atoms with Crippen LogP contribution in [0.4, 0.5) is 8.78 Å². The number of aliphatic hydroxyl groups excluding tert-OH is 1. The summed E-state index contributed by atoms with van der Waals surface area (Å²) in [5.74, 6) is -1.08. The average Bonchev–Trinajstić information content (AvgIpc) is 2.26. The fourth-order valence-corrected chi connectivity index (χ4v) is 2.39. The molecule has 1 aromatic carbocycles. The highest BCUT2D eigenvalue weighted by Gasteiger charge is 2.46. The standard InChI is InChI=1S/C14H19F2NO/c1-14(2)12(8-13(14)18)17-4-3-9-5-10(15)7-11(16)6-9/h5-7,12-13,17-18H,3-4,8H2,1-2H3. The summed E-state index contributed by atoms with van der Waals surface area (Å²) in [6.07, 6.45) is 1.06. The molecule has 100 valence electrons. The van der Waals surface area contributed by atoms with E-state index in [1.165, 1.54) is 12.1 Å². The van der Waals surface area contributed by atoms with E-state index in [1.807, 2.05) is 13.8 Å². The lowest BCUT2D eigenvalue weighted by Crippen LogP contribution is -2.60. The minimum Gasteiger partial charge on any atom is -0.392 e. The van der Waals surface area contributed by atoms with Crippen molar-refractivity contribution in [3.05, 3.63) is 35.4 Å². The van der Waals surface area contributed by atoms with Gasteiger partial charge in [0.1, 0.15) is 11.6 Å². The predicted octanol–water partition coefficient (Wildman–Crippen LogP) is 2.26. The van der Waals surface area contributed by atoms with Gasteiger partial charge in [-0.05, 0) is 37.1 Å². The molecule has 4 heteroatoms. The minimum atomic E-state index is -0.538. The van der Waals surface area contributed by atoms with Crippen molar-refractivity contribution < 1.29 is 13.9 Å². The molecule has 2 N–H and O–H groups in total. The van der Waals surface area contributed by atoms with Crippen molar-refractivity contribution in [1.82, 2.24) is 5.32 Å². The normalized spacial score (nSPS) is 25.8. The molecule has 0 aromatic heterocycles. The highest BCUT2D eigenvalue weighted by molar-refractivity contribution is 5.18. The third-order valence-corrected chi connectivity index (χ3v) is 3.94. The maximum atomic E-state index is 13.0. The smallest absolute Gasteiger partial charge is 0.126 e. The van der Waals surface area contributed by atoms with Gasteiger partial charge in [-0.25, -0.2) is 8.78 Å².